The third kappa shape index (κ3) is 3.72. The molecule has 90 valence electrons. The molecule has 0 aliphatic carbocycles. The van der Waals surface area contributed by atoms with Crippen LogP contribution in [0.5, 0.6) is 0 Å². The molecule has 0 radical (unpaired) electrons. The summed E-state index contributed by atoms with van der Waals surface area (Å²) in [5, 5.41) is 9.71. The van der Waals surface area contributed by atoms with Gasteiger partial charge >= 0.3 is 5.97 Å². The predicted octanol–water partition coefficient (Wildman–Crippen LogP) is 2.41. The number of ether oxygens (including phenoxy) is 1. The van der Waals surface area contributed by atoms with E-state index in [-0.39, 0.29) is 12.5 Å². The lowest BCUT2D eigenvalue weighted by Crippen LogP contribution is -2.45. The maximum atomic E-state index is 13.9. The Bertz CT molecular complexity index is 205. The van der Waals surface area contributed by atoms with Crippen molar-refractivity contribution in [1.29, 1.82) is 0 Å². The Morgan fingerprint density at radius 3 is 2.27 bits per heavy atom. The molecule has 0 aliphatic rings. The van der Waals surface area contributed by atoms with E-state index in [0.29, 0.717) is 12.8 Å². The molecule has 3 nitrogen and oxygen atoms in total. The zero-order valence-electron chi connectivity index (χ0n) is 9.30. The minimum Gasteiger partial charge on any atom is -0.463 e. The van der Waals surface area contributed by atoms with E-state index in [1.807, 2.05) is 13.8 Å². The average Bonchev–Trinajstić information content (AvgIpc) is 2.19. The van der Waals surface area contributed by atoms with Gasteiger partial charge in [0.1, 0.15) is 6.10 Å². The van der Waals surface area contributed by atoms with E-state index in [9.17, 15) is 14.3 Å². The monoisotopic (exact) mass is 284 g/mol. The molecule has 0 spiro atoms. The molecule has 0 fully saturated rings. The van der Waals surface area contributed by atoms with Crippen LogP contribution < -0.4 is 0 Å². The van der Waals surface area contributed by atoms with Crippen molar-refractivity contribution in [1.82, 2.24) is 0 Å². The van der Waals surface area contributed by atoms with Crippen molar-refractivity contribution in [2.24, 2.45) is 5.92 Å². The molecular formula is C10H18BrFO3. The Balaban J connectivity index is 4.61. The fraction of sp³-hybridized carbons (Fsp3) is 0.900. The predicted molar refractivity (Wildman–Crippen MR) is 59.5 cm³/mol. The normalized spacial score (nSPS) is 17.3. The molecule has 5 heteroatoms. The molecule has 0 aromatic carbocycles. The standard InChI is InChI=1S/C10H18BrFO3/c1-4-7(5-2)8(13)10(11,12)9(14)15-6-3/h7-8,13H,4-6H2,1-3H3/t8-,10-/m1/s1. The molecule has 0 saturated carbocycles. The number of carbonyl (C=O) groups excluding carboxylic acids is 1. The van der Waals surface area contributed by atoms with Crippen molar-refractivity contribution in [3.05, 3.63) is 0 Å². The summed E-state index contributed by atoms with van der Waals surface area (Å²) >= 11 is 2.60. The number of halogens is 2. The van der Waals surface area contributed by atoms with Crippen LogP contribution in [0.4, 0.5) is 4.39 Å². The molecular weight excluding hydrogens is 267 g/mol. The molecule has 0 saturated heterocycles. The van der Waals surface area contributed by atoms with Crippen molar-refractivity contribution in [2.45, 2.75) is 44.3 Å². The van der Waals surface area contributed by atoms with Crippen LogP contribution in [-0.4, -0.2) is 28.4 Å². The van der Waals surface area contributed by atoms with Gasteiger partial charge in [-0.3, -0.25) is 0 Å². The first-order chi connectivity index (χ1) is 6.91. The van der Waals surface area contributed by atoms with Crippen LogP contribution in [0.15, 0.2) is 0 Å². The first-order valence-corrected chi connectivity index (χ1v) is 5.94. The van der Waals surface area contributed by atoms with Crippen molar-refractivity contribution in [3.8, 4) is 0 Å². The zero-order valence-corrected chi connectivity index (χ0v) is 10.9. The summed E-state index contributed by atoms with van der Waals surface area (Å²) in [6.45, 7) is 5.35. The molecule has 0 heterocycles. The van der Waals surface area contributed by atoms with Crippen LogP contribution in [0, 0.1) is 5.92 Å². The highest BCUT2D eigenvalue weighted by Gasteiger charge is 2.47. The Morgan fingerprint density at radius 1 is 1.47 bits per heavy atom. The molecule has 0 aliphatic heterocycles. The molecule has 0 bridgehead atoms. The lowest BCUT2D eigenvalue weighted by molar-refractivity contribution is -0.158. The van der Waals surface area contributed by atoms with E-state index in [2.05, 4.69) is 20.7 Å². The van der Waals surface area contributed by atoms with Gasteiger partial charge < -0.3 is 9.84 Å². The third-order valence-electron chi connectivity index (χ3n) is 2.41. The lowest BCUT2D eigenvalue weighted by atomic mass is 9.93. The van der Waals surface area contributed by atoms with Gasteiger partial charge in [0.2, 0.25) is 0 Å². The number of hydrogen-bond acceptors (Lipinski definition) is 3. The van der Waals surface area contributed by atoms with Gasteiger partial charge in [-0.25, -0.2) is 9.18 Å². The van der Waals surface area contributed by atoms with E-state index >= 15 is 0 Å². The van der Waals surface area contributed by atoms with Crippen LogP contribution in [0.25, 0.3) is 0 Å². The minimum absolute atomic E-state index is 0.0890. The minimum atomic E-state index is -2.50. The highest BCUT2D eigenvalue weighted by molar-refractivity contribution is 9.10. The molecule has 0 amide bonds. The van der Waals surface area contributed by atoms with E-state index in [1.165, 1.54) is 0 Å². The first-order valence-electron chi connectivity index (χ1n) is 5.14. The van der Waals surface area contributed by atoms with E-state index in [4.69, 9.17) is 0 Å². The number of carbonyl (C=O) groups is 1. The highest BCUT2D eigenvalue weighted by Crippen LogP contribution is 2.33. The van der Waals surface area contributed by atoms with Crippen LogP contribution in [0.1, 0.15) is 33.6 Å². The number of hydrogen-bond donors (Lipinski definition) is 1. The number of aliphatic hydroxyl groups excluding tert-OH is 1. The number of aliphatic hydroxyl groups is 1. The summed E-state index contributed by atoms with van der Waals surface area (Å²) in [5.41, 5.74) is 0. The molecule has 15 heavy (non-hydrogen) atoms. The summed E-state index contributed by atoms with van der Waals surface area (Å²) in [7, 11) is 0. The second-order valence-electron chi connectivity index (χ2n) is 3.36. The van der Waals surface area contributed by atoms with Gasteiger partial charge in [-0.15, -0.1) is 0 Å². The number of rotatable bonds is 6. The van der Waals surface area contributed by atoms with E-state index in [1.54, 1.807) is 6.92 Å². The van der Waals surface area contributed by atoms with Crippen molar-refractivity contribution in [3.63, 3.8) is 0 Å². The van der Waals surface area contributed by atoms with Crippen molar-refractivity contribution in [2.75, 3.05) is 6.61 Å². The van der Waals surface area contributed by atoms with Crippen molar-refractivity contribution < 1.29 is 19.0 Å². The zero-order chi connectivity index (χ0) is 12.1. The number of alkyl halides is 2. The topological polar surface area (TPSA) is 46.5 Å². The molecule has 0 rings (SSSR count). The Kier molecular flexibility index (Phi) is 6.36. The van der Waals surface area contributed by atoms with Gasteiger partial charge in [0.25, 0.3) is 4.58 Å². The fourth-order valence-corrected chi connectivity index (χ4v) is 1.87. The summed E-state index contributed by atoms with van der Waals surface area (Å²) in [6.07, 6.45) is -0.172. The number of esters is 1. The highest BCUT2D eigenvalue weighted by atomic mass is 79.9. The lowest BCUT2D eigenvalue weighted by Gasteiger charge is -2.28. The Morgan fingerprint density at radius 2 is 1.93 bits per heavy atom. The van der Waals surface area contributed by atoms with Gasteiger partial charge in [0.05, 0.1) is 6.61 Å². The fourth-order valence-electron chi connectivity index (χ4n) is 1.38. The van der Waals surface area contributed by atoms with Gasteiger partial charge in [-0.1, -0.05) is 26.7 Å². The van der Waals surface area contributed by atoms with Gasteiger partial charge in [0.15, 0.2) is 0 Å². The van der Waals surface area contributed by atoms with Crippen LogP contribution in [0.3, 0.4) is 0 Å². The molecule has 0 aromatic rings. The second kappa shape index (κ2) is 6.43. The molecule has 1 N–H and O–H groups in total. The first kappa shape index (κ1) is 14.8. The second-order valence-corrected chi connectivity index (χ2v) is 4.52. The average molecular weight is 285 g/mol. The summed E-state index contributed by atoms with van der Waals surface area (Å²) < 4.78 is 15.9. The Hall–Kier alpha value is -0.160. The summed E-state index contributed by atoms with van der Waals surface area (Å²) in [6, 6.07) is 0. The maximum Gasteiger partial charge on any atom is 0.357 e. The summed E-state index contributed by atoms with van der Waals surface area (Å²) in [4.78, 5) is 11.2. The van der Waals surface area contributed by atoms with E-state index in [0.717, 1.165) is 0 Å². The van der Waals surface area contributed by atoms with Crippen LogP contribution >= 0.6 is 15.9 Å². The van der Waals surface area contributed by atoms with Gasteiger partial charge in [-0.2, -0.15) is 0 Å². The molecule has 0 unspecified atom stereocenters. The van der Waals surface area contributed by atoms with Crippen LogP contribution in [0.2, 0.25) is 0 Å². The smallest absolute Gasteiger partial charge is 0.357 e. The molecule has 0 aromatic heterocycles. The quantitative estimate of drug-likeness (QED) is 0.602. The molecule has 2 atom stereocenters. The summed E-state index contributed by atoms with van der Waals surface area (Å²) in [5.74, 6) is -1.33. The van der Waals surface area contributed by atoms with Gasteiger partial charge in [0, 0.05) is 0 Å². The Labute approximate surface area is 98.1 Å². The van der Waals surface area contributed by atoms with Crippen LogP contribution in [-0.2, 0) is 9.53 Å². The third-order valence-corrected chi connectivity index (χ3v) is 3.21. The largest absolute Gasteiger partial charge is 0.463 e. The van der Waals surface area contributed by atoms with Gasteiger partial charge in [-0.05, 0) is 28.8 Å². The SMILES string of the molecule is CCOC(=O)[C@@](F)(Br)[C@H](O)C(CC)CC. The maximum absolute atomic E-state index is 13.9. The van der Waals surface area contributed by atoms with E-state index < -0.39 is 16.7 Å². The van der Waals surface area contributed by atoms with Crippen molar-refractivity contribution >= 4 is 21.9 Å².